The summed E-state index contributed by atoms with van der Waals surface area (Å²) in [5.74, 6) is 0.451. The summed E-state index contributed by atoms with van der Waals surface area (Å²) in [6.07, 6.45) is 8.17. The highest BCUT2D eigenvalue weighted by Crippen LogP contribution is 2.22. The van der Waals surface area contributed by atoms with Crippen molar-refractivity contribution in [1.29, 1.82) is 0 Å². The maximum atomic E-state index is 12.0. The van der Waals surface area contributed by atoms with Crippen LogP contribution in [0.5, 0.6) is 5.75 Å². The topological polar surface area (TPSA) is 64.3 Å². The number of benzene rings is 1. The molecule has 0 fully saturated rings. The van der Waals surface area contributed by atoms with Gasteiger partial charge in [-0.05, 0) is 50.3 Å². The van der Waals surface area contributed by atoms with Gasteiger partial charge in [-0.3, -0.25) is 4.79 Å². The van der Waals surface area contributed by atoms with Gasteiger partial charge in [-0.2, -0.15) is 0 Å². The molecule has 2 rings (SSSR count). The quantitative estimate of drug-likeness (QED) is 0.641. The number of carbonyl (C=O) groups excluding carboxylic acids is 1. The van der Waals surface area contributed by atoms with E-state index in [2.05, 4.69) is 11.4 Å². The summed E-state index contributed by atoms with van der Waals surface area (Å²) in [4.78, 5) is 12.0. The van der Waals surface area contributed by atoms with Crippen LogP contribution in [-0.4, -0.2) is 19.6 Å². The predicted octanol–water partition coefficient (Wildman–Crippen LogP) is 2.90. The van der Waals surface area contributed by atoms with E-state index in [0.29, 0.717) is 23.5 Å². The van der Waals surface area contributed by atoms with E-state index in [4.69, 9.17) is 10.5 Å². The first kappa shape index (κ1) is 14.4. The van der Waals surface area contributed by atoms with Crippen molar-refractivity contribution in [3.63, 3.8) is 0 Å². The SMILES string of the molecule is COc1cc(C(=O)NCCC2=CCCCC2)ccc1N. The molecule has 0 atom stereocenters. The zero-order valence-electron chi connectivity index (χ0n) is 11.9. The summed E-state index contributed by atoms with van der Waals surface area (Å²) in [7, 11) is 1.54. The highest BCUT2D eigenvalue weighted by Gasteiger charge is 2.09. The number of nitrogens with one attached hydrogen (secondary N) is 1. The minimum Gasteiger partial charge on any atom is -0.495 e. The Kier molecular flexibility index (Phi) is 5.04. The van der Waals surface area contributed by atoms with Crippen LogP contribution in [0.1, 0.15) is 42.5 Å². The maximum absolute atomic E-state index is 12.0. The molecule has 3 N–H and O–H groups in total. The van der Waals surface area contributed by atoms with Crippen molar-refractivity contribution in [2.24, 2.45) is 0 Å². The summed E-state index contributed by atoms with van der Waals surface area (Å²) >= 11 is 0. The zero-order valence-corrected chi connectivity index (χ0v) is 11.9. The van der Waals surface area contributed by atoms with Crippen LogP contribution in [0.4, 0.5) is 5.69 Å². The van der Waals surface area contributed by atoms with Gasteiger partial charge in [0, 0.05) is 12.1 Å². The smallest absolute Gasteiger partial charge is 0.251 e. The molecule has 20 heavy (non-hydrogen) atoms. The van der Waals surface area contributed by atoms with Crippen molar-refractivity contribution < 1.29 is 9.53 Å². The van der Waals surface area contributed by atoms with Gasteiger partial charge in [0.1, 0.15) is 5.75 Å². The Bertz CT molecular complexity index is 509. The van der Waals surface area contributed by atoms with Crippen molar-refractivity contribution >= 4 is 11.6 Å². The van der Waals surface area contributed by atoms with Gasteiger partial charge in [-0.1, -0.05) is 11.6 Å². The van der Waals surface area contributed by atoms with Crippen LogP contribution in [0.15, 0.2) is 29.8 Å². The second-order valence-electron chi connectivity index (χ2n) is 5.07. The fourth-order valence-electron chi connectivity index (χ4n) is 2.42. The van der Waals surface area contributed by atoms with Gasteiger partial charge in [-0.25, -0.2) is 0 Å². The van der Waals surface area contributed by atoms with E-state index in [9.17, 15) is 4.79 Å². The van der Waals surface area contributed by atoms with E-state index in [1.807, 2.05) is 0 Å². The molecule has 0 saturated carbocycles. The van der Waals surface area contributed by atoms with Crippen LogP contribution < -0.4 is 15.8 Å². The second-order valence-corrected chi connectivity index (χ2v) is 5.07. The molecule has 1 aliphatic carbocycles. The molecular weight excluding hydrogens is 252 g/mol. The fourth-order valence-corrected chi connectivity index (χ4v) is 2.42. The van der Waals surface area contributed by atoms with Crippen LogP contribution in [0.25, 0.3) is 0 Å². The first-order valence-corrected chi connectivity index (χ1v) is 7.10. The minimum atomic E-state index is -0.0836. The van der Waals surface area contributed by atoms with Gasteiger partial charge in [-0.15, -0.1) is 0 Å². The lowest BCUT2D eigenvalue weighted by Gasteiger charge is -2.13. The van der Waals surface area contributed by atoms with E-state index in [1.165, 1.54) is 31.3 Å². The van der Waals surface area contributed by atoms with Crippen molar-refractivity contribution in [2.75, 3.05) is 19.4 Å². The molecule has 1 amide bonds. The normalized spacial score (nSPS) is 14.6. The van der Waals surface area contributed by atoms with Crippen molar-refractivity contribution in [1.82, 2.24) is 5.32 Å². The number of nitrogens with two attached hydrogens (primary N) is 1. The van der Waals surface area contributed by atoms with Crippen LogP contribution in [0.3, 0.4) is 0 Å². The van der Waals surface area contributed by atoms with Crippen molar-refractivity contribution in [3.8, 4) is 5.75 Å². The molecule has 4 nitrogen and oxygen atoms in total. The third-order valence-electron chi connectivity index (χ3n) is 3.61. The number of carbonyl (C=O) groups is 1. The summed E-state index contributed by atoms with van der Waals surface area (Å²) in [5, 5.41) is 2.94. The Hall–Kier alpha value is -1.97. The first-order valence-electron chi connectivity index (χ1n) is 7.10. The first-order chi connectivity index (χ1) is 9.70. The van der Waals surface area contributed by atoms with Gasteiger partial charge < -0.3 is 15.8 Å². The van der Waals surface area contributed by atoms with Crippen molar-refractivity contribution in [2.45, 2.75) is 32.1 Å². The molecule has 0 radical (unpaired) electrons. The summed E-state index contributed by atoms with van der Waals surface area (Å²) in [5.41, 5.74) is 8.31. The number of ether oxygens (including phenoxy) is 1. The number of amides is 1. The molecule has 0 spiro atoms. The third kappa shape index (κ3) is 3.76. The van der Waals surface area contributed by atoms with Crippen LogP contribution >= 0.6 is 0 Å². The Balaban J connectivity index is 1.86. The van der Waals surface area contributed by atoms with Gasteiger partial charge in [0.2, 0.25) is 0 Å². The molecular formula is C16H22N2O2. The van der Waals surface area contributed by atoms with E-state index < -0.39 is 0 Å². The lowest BCUT2D eigenvalue weighted by molar-refractivity contribution is 0.0953. The van der Waals surface area contributed by atoms with Crippen LogP contribution in [0.2, 0.25) is 0 Å². The summed E-state index contributed by atoms with van der Waals surface area (Å²) in [6, 6.07) is 5.08. The van der Waals surface area contributed by atoms with E-state index in [1.54, 1.807) is 25.3 Å². The molecule has 0 heterocycles. The zero-order chi connectivity index (χ0) is 14.4. The number of rotatable bonds is 5. The van der Waals surface area contributed by atoms with Gasteiger partial charge >= 0.3 is 0 Å². The molecule has 1 aliphatic rings. The number of allylic oxidation sites excluding steroid dienone is 1. The Morgan fingerprint density at radius 1 is 1.40 bits per heavy atom. The van der Waals surface area contributed by atoms with E-state index >= 15 is 0 Å². The number of methoxy groups -OCH3 is 1. The number of anilines is 1. The lowest BCUT2D eigenvalue weighted by Crippen LogP contribution is -2.25. The molecule has 0 aliphatic heterocycles. The summed E-state index contributed by atoms with van der Waals surface area (Å²) in [6.45, 7) is 0.678. The Morgan fingerprint density at radius 2 is 2.25 bits per heavy atom. The van der Waals surface area contributed by atoms with Crippen LogP contribution in [-0.2, 0) is 0 Å². The van der Waals surface area contributed by atoms with Gasteiger partial charge in [0.25, 0.3) is 5.91 Å². The predicted molar refractivity (Wildman–Crippen MR) is 80.9 cm³/mol. The largest absolute Gasteiger partial charge is 0.495 e. The fraction of sp³-hybridized carbons (Fsp3) is 0.438. The molecule has 0 unspecified atom stereocenters. The third-order valence-corrected chi connectivity index (χ3v) is 3.61. The molecule has 4 heteroatoms. The number of hydrogen-bond acceptors (Lipinski definition) is 3. The highest BCUT2D eigenvalue weighted by atomic mass is 16.5. The van der Waals surface area contributed by atoms with E-state index in [-0.39, 0.29) is 5.91 Å². The monoisotopic (exact) mass is 274 g/mol. The second kappa shape index (κ2) is 6.98. The molecule has 0 aromatic heterocycles. The Labute approximate surface area is 120 Å². The minimum absolute atomic E-state index is 0.0836. The lowest BCUT2D eigenvalue weighted by atomic mass is 9.97. The van der Waals surface area contributed by atoms with Crippen molar-refractivity contribution in [3.05, 3.63) is 35.4 Å². The summed E-state index contributed by atoms with van der Waals surface area (Å²) < 4.78 is 5.12. The molecule has 108 valence electrons. The van der Waals surface area contributed by atoms with Gasteiger partial charge in [0.05, 0.1) is 12.8 Å². The van der Waals surface area contributed by atoms with E-state index in [0.717, 1.165) is 6.42 Å². The van der Waals surface area contributed by atoms with Crippen LogP contribution in [0, 0.1) is 0 Å². The molecule has 0 bridgehead atoms. The maximum Gasteiger partial charge on any atom is 0.251 e. The van der Waals surface area contributed by atoms with Gasteiger partial charge in [0.15, 0.2) is 0 Å². The molecule has 0 saturated heterocycles. The molecule has 1 aromatic rings. The number of hydrogen-bond donors (Lipinski definition) is 2. The average molecular weight is 274 g/mol. The number of nitrogen functional groups attached to an aromatic ring is 1. The molecule has 1 aromatic carbocycles. The highest BCUT2D eigenvalue weighted by molar-refractivity contribution is 5.95. The standard InChI is InChI=1S/C16H22N2O2/c1-20-15-11-13(7-8-14(15)17)16(19)18-10-9-12-5-3-2-4-6-12/h5,7-8,11H,2-4,6,9-10,17H2,1H3,(H,18,19). The Morgan fingerprint density at radius 3 is 2.95 bits per heavy atom. The average Bonchev–Trinajstić information content (AvgIpc) is 2.48.